The van der Waals surface area contributed by atoms with Crippen LogP contribution in [0.3, 0.4) is 0 Å². The van der Waals surface area contributed by atoms with E-state index in [4.69, 9.17) is 9.97 Å². The number of hydrogen-bond donors (Lipinski definition) is 1. The molecule has 1 aliphatic carbocycles. The quantitative estimate of drug-likeness (QED) is 0.212. The fraction of sp³-hybridized carbons (Fsp3) is 0.382. The summed E-state index contributed by atoms with van der Waals surface area (Å²) in [6, 6.07) is 16.9. The average Bonchev–Trinajstić information content (AvgIpc) is 3.57. The van der Waals surface area contributed by atoms with E-state index < -0.39 is 0 Å². The van der Waals surface area contributed by atoms with Gasteiger partial charge in [-0.1, -0.05) is 19.1 Å². The summed E-state index contributed by atoms with van der Waals surface area (Å²) >= 11 is 0. The molecule has 1 aliphatic heterocycles. The minimum Gasteiger partial charge on any atom is -0.508 e. The number of aliphatic hydroxyl groups is 1. The molecule has 0 radical (unpaired) electrons. The van der Waals surface area contributed by atoms with Crippen LogP contribution >= 0.6 is 0 Å². The van der Waals surface area contributed by atoms with Gasteiger partial charge in [0.15, 0.2) is 0 Å². The van der Waals surface area contributed by atoms with Gasteiger partial charge in [0, 0.05) is 48.0 Å². The minimum atomic E-state index is 0.112. The van der Waals surface area contributed by atoms with Crippen molar-refractivity contribution in [3.05, 3.63) is 102 Å². The second-order valence-electron chi connectivity index (χ2n) is 11.9. The summed E-state index contributed by atoms with van der Waals surface area (Å²) in [5, 5.41) is 9.99. The van der Waals surface area contributed by atoms with Crippen molar-refractivity contribution in [3.8, 4) is 0 Å². The van der Waals surface area contributed by atoms with Crippen LogP contribution in [-0.4, -0.2) is 47.0 Å². The van der Waals surface area contributed by atoms with E-state index in [1.165, 1.54) is 36.2 Å². The Balaban J connectivity index is 1.00. The monoisotopic (exact) mass is 546 g/mol. The molecule has 7 nitrogen and oxygen atoms in total. The molecule has 1 aromatic carbocycles. The van der Waals surface area contributed by atoms with Crippen LogP contribution in [0, 0.1) is 5.92 Å². The first-order chi connectivity index (χ1) is 20.1. The zero-order valence-electron chi connectivity index (χ0n) is 23.6. The first kappa shape index (κ1) is 26.0. The lowest BCUT2D eigenvalue weighted by molar-refractivity contribution is 0.193. The molecule has 5 aromatic rings. The third-order valence-corrected chi connectivity index (χ3v) is 9.16. The van der Waals surface area contributed by atoms with E-state index in [9.17, 15) is 5.11 Å². The van der Waals surface area contributed by atoms with Crippen LogP contribution in [0.25, 0.3) is 22.4 Å². The third-order valence-electron chi connectivity index (χ3n) is 9.16. The molecule has 0 unspecified atom stereocenters. The molecule has 41 heavy (non-hydrogen) atoms. The predicted octanol–water partition coefficient (Wildman–Crippen LogP) is 6.57. The molecule has 4 aromatic heterocycles. The second-order valence-corrected chi connectivity index (χ2v) is 11.9. The van der Waals surface area contributed by atoms with E-state index in [1.807, 2.05) is 35.0 Å². The summed E-state index contributed by atoms with van der Waals surface area (Å²) in [6.45, 7) is 7.69. The van der Waals surface area contributed by atoms with Crippen molar-refractivity contribution in [1.82, 2.24) is 28.8 Å². The molecule has 2 aliphatic rings. The van der Waals surface area contributed by atoms with E-state index in [1.54, 1.807) is 0 Å². The number of hydrogen-bond acceptors (Lipinski definition) is 5. The number of aromatic nitrogens is 5. The van der Waals surface area contributed by atoms with E-state index in [2.05, 4.69) is 57.6 Å². The normalized spacial score (nSPS) is 16.9. The Labute approximate surface area is 241 Å². The Morgan fingerprint density at radius 1 is 0.951 bits per heavy atom. The van der Waals surface area contributed by atoms with Gasteiger partial charge >= 0.3 is 0 Å². The molecule has 1 saturated heterocycles. The van der Waals surface area contributed by atoms with Crippen LogP contribution < -0.4 is 0 Å². The Bertz CT molecular complexity index is 1690. The lowest BCUT2D eigenvalue weighted by atomic mass is 9.85. The van der Waals surface area contributed by atoms with Gasteiger partial charge in [0.2, 0.25) is 0 Å². The molecule has 0 amide bonds. The van der Waals surface area contributed by atoms with Gasteiger partial charge in [0.1, 0.15) is 17.2 Å². The topological polar surface area (TPSA) is 71.5 Å². The van der Waals surface area contributed by atoms with Crippen LogP contribution in [0.2, 0.25) is 0 Å². The van der Waals surface area contributed by atoms with Crippen molar-refractivity contribution in [3.63, 3.8) is 0 Å². The summed E-state index contributed by atoms with van der Waals surface area (Å²) < 4.78 is 4.45. The molecule has 0 atom stereocenters. The number of imidazole rings is 2. The van der Waals surface area contributed by atoms with Gasteiger partial charge in [0.25, 0.3) is 0 Å². The van der Waals surface area contributed by atoms with E-state index in [0.717, 1.165) is 85.8 Å². The van der Waals surface area contributed by atoms with Crippen LogP contribution in [0.5, 0.6) is 0 Å². The lowest BCUT2D eigenvalue weighted by Gasteiger charge is -2.32. The van der Waals surface area contributed by atoms with Gasteiger partial charge in [0.05, 0.1) is 17.6 Å². The second kappa shape index (κ2) is 11.1. The fourth-order valence-corrected chi connectivity index (χ4v) is 6.44. The number of aryl methyl sites for hydroxylation is 2. The smallest absolute Gasteiger partial charge is 0.136 e. The van der Waals surface area contributed by atoms with Gasteiger partial charge < -0.3 is 14.1 Å². The number of nitrogens with zero attached hydrogens (tertiary/aromatic N) is 6. The summed E-state index contributed by atoms with van der Waals surface area (Å²) in [5.74, 6) is 2.48. The number of benzene rings is 1. The maximum absolute atomic E-state index is 9.99. The highest BCUT2D eigenvalue weighted by Gasteiger charge is 2.25. The number of fused-ring (bicyclic) bond motifs is 2. The molecule has 0 bridgehead atoms. The SMILES string of the molecule is C=C(O)c1ccc2nc(CN3CCC(c4cccc(CCc5ccn6ccnc6c5)n4)CC3)n(CC3CCC3)c2c1. The highest BCUT2D eigenvalue weighted by atomic mass is 16.3. The maximum atomic E-state index is 9.99. The molecule has 0 spiro atoms. The van der Waals surface area contributed by atoms with Gasteiger partial charge in [-0.2, -0.15) is 0 Å². The molecule has 7 heteroatoms. The van der Waals surface area contributed by atoms with Gasteiger partial charge in [-0.25, -0.2) is 9.97 Å². The van der Waals surface area contributed by atoms with Crippen LogP contribution in [0.15, 0.2) is 73.7 Å². The zero-order valence-corrected chi connectivity index (χ0v) is 23.6. The summed E-state index contributed by atoms with van der Waals surface area (Å²) in [4.78, 5) is 17.1. The first-order valence-corrected chi connectivity index (χ1v) is 15.1. The largest absolute Gasteiger partial charge is 0.508 e. The fourth-order valence-electron chi connectivity index (χ4n) is 6.44. The van der Waals surface area contributed by atoms with Crippen molar-refractivity contribution in [1.29, 1.82) is 0 Å². The molecule has 1 N–H and O–H groups in total. The minimum absolute atomic E-state index is 0.112. The third kappa shape index (κ3) is 5.51. The number of pyridine rings is 2. The zero-order chi connectivity index (χ0) is 27.8. The molecule has 2 fully saturated rings. The first-order valence-electron chi connectivity index (χ1n) is 15.1. The Morgan fingerprint density at radius 3 is 2.63 bits per heavy atom. The number of aliphatic hydroxyl groups excluding tert-OH is 1. The Hall–Kier alpha value is -3.97. The molecule has 210 valence electrons. The van der Waals surface area contributed by atoms with Crippen LogP contribution in [0.4, 0.5) is 0 Å². The van der Waals surface area contributed by atoms with E-state index in [0.29, 0.717) is 5.92 Å². The summed E-state index contributed by atoms with van der Waals surface area (Å²) in [6.07, 6.45) is 14.0. The van der Waals surface area contributed by atoms with Crippen molar-refractivity contribution in [2.24, 2.45) is 5.92 Å². The highest BCUT2D eigenvalue weighted by Crippen LogP contribution is 2.32. The maximum Gasteiger partial charge on any atom is 0.136 e. The standard InChI is InChI=1S/C34H38N6O/c1-24(41)28-9-11-31-32(21-28)40(22-26-4-2-5-26)34(37-31)23-38-16-13-27(14-17-38)30-7-3-6-29(36-30)10-8-25-12-18-39-19-15-35-33(39)20-25/h3,6-7,9,11-12,15,18-21,26-27,41H,1-2,4-5,8,10,13-14,16-17,22-23H2. The summed E-state index contributed by atoms with van der Waals surface area (Å²) in [7, 11) is 0. The van der Waals surface area contributed by atoms with E-state index >= 15 is 0 Å². The van der Waals surface area contributed by atoms with Crippen LogP contribution in [0.1, 0.15) is 66.4 Å². The number of rotatable bonds is 9. The van der Waals surface area contributed by atoms with Crippen molar-refractivity contribution < 1.29 is 5.11 Å². The van der Waals surface area contributed by atoms with Crippen molar-refractivity contribution in [2.45, 2.75) is 64.0 Å². The Morgan fingerprint density at radius 2 is 1.83 bits per heavy atom. The van der Waals surface area contributed by atoms with Crippen molar-refractivity contribution in [2.75, 3.05) is 13.1 Å². The molecule has 7 rings (SSSR count). The number of piperidine rings is 1. The molecule has 1 saturated carbocycles. The van der Waals surface area contributed by atoms with Gasteiger partial charge in [-0.15, -0.1) is 0 Å². The average molecular weight is 547 g/mol. The molecular weight excluding hydrogens is 508 g/mol. The molecular formula is C34H38N6O. The highest BCUT2D eigenvalue weighted by molar-refractivity contribution is 5.80. The van der Waals surface area contributed by atoms with Crippen molar-refractivity contribution >= 4 is 22.4 Å². The number of likely N-dealkylation sites (tertiary alicyclic amines) is 1. The predicted molar refractivity (Wildman–Crippen MR) is 163 cm³/mol. The summed E-state index contributed by atoms with van der Waals surface area (Å²) in [5.41, 5.74) is 7.58. The van der Waals surface area contributed by atoms with Gasteiger partial charge in [-0.05, 0) is 106 Å². The van der Waals surface area contributed by atoms with Crippen LogP contribution in [-0.2, 0) is 25.9 Å². The molecule has 5 heterocycles. The van der Waals surface area contributed by atoms with Gasteiger partial charge in [-0.3, -0.25) is 9.88 Å². The Kier molecular flexibility index (Phi) is 7.05. The van der Waals surface area contributed by atoms with E-state index in [-0.39, 0.29) is 5.76 Å². The lowest BCUT2D eigenvalue weighted by Crippen LogP contribution is -2.34.